The summed E-state index contributed by atoms with van der Waals surface area (Å²) in [5.41, 5.74) is 0.547. The van der Waals surface area contributed by atoms with Crippen LogP contribution in [-0.2, 0) is 0 Å². The number of aliphatic hydroxyl groups excluding tert-OH is 1. The number of rotatable bonds is 0. The van der Waals surface area contributed by atoms with E-state index in [4.69, 9.17) is 0 Å². The Morgan fingerprint density at radius 1 is 1.18 bits per heavy atom. The maximum absolute atomic E-state index is 9.61. The van der Waals surface area contributed by atoms with Gasteiger partial charge >= 0.3 is 0 Å². The number of hydrogen-bond donors (Lipinski definition) is 1. The van der Waals surface area contributed by atoms with Gasteiger partial charge in [-0.15, -0.1) is 0 Å². The molecule has 11 heavy (non-hydrogen) atoms. The van der Waals surface area contributed by atoms with Gasteiger partial charge in [-0.05, 0) is 36.0 Å². The van der Waals surface area contributed by atoms with E-state index in [1.54, 1.807) is 0 Å². The lowest BCUT2D eigenvalue weighted by atomic mass is 9.88. The molecule has 0 spiro atoms. The quantitative estimate of drug-likeness (QED) is 0.566. The predicted molar refractivity (Wildman–Crippen MR) is 45.2 cm³/mol. The average Bonchev–Trinajstić information content (AvgIpc) is 2.39. The van der Waals surface area contributed by atoms with Crippen molar-refractivity contribution >= 4 is 0 Å². The van der Waals surface area contributed by atoms with E-state index in [0.717, 1.165) is 18.3 Å². The van der Waals surface area contributed by atoms with Crippen molar-refractivity contribution < 1.29 is 5.11 Å². The van der Waals surface area contributed by atoms with Gasteiger partial charge in [-0.25, -0.2) is 0 Å². The molecule has 0 saturated heterocycles. The summed E-state index contributed by atoms with van der Waals surface area (Å²) in [6, 6.07) is 0. The molecule has 2 aliphatic rings. The van der Waals surface area contributed by atoms with E-state index >= 15 is 0 Å². The molecule has 4 atom stereocenters. The van der Waals surface area contributed by atoms with Gasteiger partial charge in [-0.3, -0.25) is 0 Å². The van der Waals surface area contributed by atoms with Crippen LogP contribution >= 0.6 is 0 Å². The zero-order chi connectivity index (χ0) is 8.22. The summed E-state index contributed by atoms with van der Waals surface area (Å²) < 4.78 is 0. The SMILES string of the molecule is C[C@@H]1C[C@@H]2[C@@H](C[C@@H]1O)C2(C)C. The zero-order valence-corrected chi connectivity index (χ0v) is 7.67. The Labute approximate surface area is 68.8 Å². The highest BCUT2D eigenvalue weighted by molar-refractivity contribution is 5.08. The molecular weight excluding hydrogens is 136 g/mol. The maximum atomic E-state index is 9.61. The monoisotopic (exact) mass is 154 g/mol. The van der Waals surface area contributed by atoms with E-state index in [1.165, 1.54) is 6.42 Å². The molecular formula is C10H18O. The summed E-state index contributed by atoms with van der Waals surface area (Å²) in [6.07, 6.45) is 2.29. The van der Waals surface area contributed by atoms with Crippen LogP contribution in [0.2, 0.25) is 0 Å². The Morgan fingerprint density at radius 3 is 2.27 bits per heavy atom. The summed E-state index contributed by atoms with van der Waals surface area (Å²) in [4.78, 5) is 0. The molecule has 2 rings (SSSR count). The van der Waals surface area contributed by atoms with Gasteiger partial charge in [-0.2, -0.15) is 0 Å². The fourth-order valence-corrected chi connectivity index (χ4v) is 2.84. The smallest absolute Gasteiger partial charge is 0.0568 e. The topological polar surface area (TPSA) is 20.2 Å². The normalized spacial score (nSPS) is 53.5. The third-order valence-corrected chi connectivity index (χ3v) is 4.07. The minimum atomic E-state index is -0.0157. The minimum Gasteiger partial charge on any atom is -0.393 e. The van der Waals surface area contributed by atoms with Gasteiger partial charge in [0, 0.05) is 0 Å². The summed E-state index contributed by atoms with van der Waals surface area (Å²) in [5.74, 6) is 2.28. The molecule has 0 amide bonds. The first-order chi connectivity index (χ1) is 5.03. The highest BCUT2D eigenvalue weighted by Crippen LogP contribution is 2.65. The van der Waals surface area contributed by atoms with E-state index in [-0.39, 0.29) is 6.10 Å². The van der Waals surface area contributed by atoms with Crippen LogP contribution in [0.15, 0.2) is 0 Å². The second kappa shape index (κ2) is 2.01. The predicted octanol–water partition coefficient (Wildman–Crippen LogP) is 2.05. The molecule has 0 aromatic rings. The molecule has 0 aromatic heterocycles. The molecule has 64 valence electrons. The van der Waals surface area contributed by atoms with Crippen LogP contribution in [0.25, 0.3) is 0 Å². The first-order valence-electron chi connectivity index (χ1n) is 4.71. The Balaban J connectivity index is 2.07. The molecule has 0 unspecified atom stereocenters. The standard InChI is InChI=1S/C10H18O/c1-6-4-7-8(5-9(6)11)10(7,2)3/h6-9,11H,4-5H2,1-3H3/t6-,7-,8-,9+/m1/s1. The van der Waals surface area contributed by atoms with E-state index in [2.05, 4.69) is 20.8 Å². The first-order valence-corrected chi connectivity index (χ1v) is 4.71. The second-order valence-electron chi connectivity index (χ2n) is 5.05. The third-order valence-electron chi connectivity index (χ3n) is 4.07. The van der Waals surface area contributed by atoms with E-state index in [1.807, 2.05) is 0 Å². The van der Waals surface area contributed by atoms with Gasteiger partial charge < -0.3 is 5.11 Å². The first kappa shape index (κ1) is 7.60. The van der Waals surface area contributed by atoms with Crippen molar-refractivity contribution in [3.8, 4) is 0 Å². The van der Waals surface area contributed by atoms with Gasteiger partial charge in [0.2, 0.25) is 0 Å². The lowest BCUT2D eigenvalue weighted by Crippen LogP contribution is -2.22. The van der Waals surface area contributed by atoms with Gasteiger partial charge in [0.05, 0.1) is 6.10 Å². The lowest BCUT2D eigenvalue weighted by Gasteiger charge is -2.22. The van der Waals surface area contributed by atoms with Crippen molar-refractivity contribution in [3.63, 3.8) is 0 Å². The lowest BCUT2D eigenvalue weighted by molar-refractivity contribution is 0.0745. The maximum Gasteiger partial charge on any atom is 0.0568 e. The van der Waals surface area contributed by atoms with Crippen molar-refractivity contribution in [2.75, 3.05) is 0 Å². The molecule has 0 radical (unpaired) electrons. The van der Waals surface area contributed by atoms with Crippen molar-refractivity contribution in [1.29, 1.82) is 0 Å². The molecule has 1 N–H and O–H groups in total. The minimum absolute atomic E-state index is 0.0157. The van der Waals surface area contributed by atoms with Gasteiger partial charge in [0.25, 0.3) is 0 Å². The average molecular weight is 154 g/mol. The summed E-state index contributed by atoms with van der Waals surface area (Å²) in [7, 11) is 0. The van der Waals surface area contributed by atoms with Gasteiger partial charge in [0.1, 0.15) is 0 Å². The van der Waals surface area contributed by atoms with Crippen LogP contribution in [-0.4, -0.2) is 11.2 Å². The molecule has 2 saturated carbocycles. The van der Waals surface area contributed by atoms with Crippen LogP contribution in [0.3, 0.4) is 0 Å². The van der Waals surface area contributed by atoms with E-state index in [9.17, 15) is 5.11 Å². The fourth-order valence-electron chi connectivity index (χ4n) is 2.84. The Morgan fingerprint density at radius 2 is 1.73 bits per heavy atom. The summed E-state index contributed by atoms with van der Waals surface area (Å²) in [6.45, 7) is 6.86. The van der Waals surface area contributed by atoms with Crippen molar-refractivity contribution in [2.24, 2.45) is 23.2 Å². The Kier molecular flexibility index (Phi) is 1.39. The molecule has 0 bridgehead atoms. The molecule has 1 heteroatoms. The van der Waals surface area contributed by atoms with Crippen LogP contribution in [0, 0.1) is 23.2 Å². The molecule has 2 fully saturated rings. The fraction of sp³-hybridized carbons (Fsp3) is 1.00. The largest absolute Gasteiger partial charge is 0.393 e. The van der Waals surface area contributed by atoms with E-state index in [0.29, 0.717) is 11.3 Å². The molecule has 2 aliphatic carbocycles. The molecule has 1 nitrogen and oxygen atoms in total. The van der Waals surface area contributed by atoms with Gasteiger partial charge in [0.15, 0.2) is 0 Å². The third kappa shape index (κ3) is 0.936. The second-order valence-corrected chi connectivity index (χ2v) is 5.05. The number of fused-ring (bicyclic) bond motifs is 1. The van der Waals surface area contributed by atoms with Crippen LogP contribution in [0.5, 0.6) is 0 Å². The van der Waals surface area contributed by atoms with Crippen molar-refractivity contribution in [1.82, 2.24) is 0 Å². The van der Waals surface area contributed by atoms with Crippen LogP contribution in [0.4, 0.5) is 0 Å². The van der Waals surface area contributed by atoms with Crippen molar-refractivity contribution in [2.45, 2.75) is 39.7 Å². The van der Waals surface area contributed by atoms with E-state index < -0.39 is 0 Å². The van der Waals surface area contributed by atoms with Gasteiger partial charge in [-0.1, -0.05) is 20.8 Å². The zero-order valence-electron chi connectivity index (χ0n) is 7.67. The highest BCUT2D eigenvalue weighted by atomic mass is 16.3. The molecule has 0 heterocycles. The van der Waals surface area contributed by atoms with Crippen LogP contribution < -0.4 is 0 Å². The highest BCUT2D eigenvalue weighted by Gasteiger charge is 2.60. The van der Waals surface area contributed by atoms with Crippen LogP contribution in [0.1, 0.15) is 33.6 Å². The molecule has 0 aromatic carbocycles. The number of hydrogen-bond acceptors (Lipinski definition) is 1. The summed E-state index contributed by atoms with van der Waals surface area (Å²) >= 11 is 0. The summed E-state index contributed by atoms with van der Waals surface area (Å²) in [5, 5.41) is 9.61. The van der Waals surface area contributed by atoms with Crippen molar-refractivity contribution in [3.05, 3.63) is 0 Å². The molecule has 0 aliphatic heterocycles. The number of aliphatic hydroxyl groups is 1. The Bertz CT molecular complexity index is 156. The Hall–Kier alpha value is -0.0400.